The van der Waals surface area contributed by atoms with Gasteiger partial charge in [-0.05, 0) is 24.8 Å². The molecule has 2 aliphatic rings. The maximum absolute atomic E-state index is 12.9. The van der Waals surface area contributed by atoms with Crippen LogP contribution in [0.25, 0.3) is 0 Å². The Morgan fingerprint density at radius 1 is 1.00 bits per heavy atom. The lowest BCUT2D eigenvalue weighted by atomic mass is 9.84. The van der Waals surface area contributed by atoms with Crippen molar-refractivity contribution < 1.29 is 14.3 Å². The Hall–Kier alpha value is -1.88. The predicted molar refractivity (Wildman–Crippen MR) is 91.3 cm³/mol. The van der Waals surface area contributed by atoms with Crippen LogP contribution in [0.15, 0.2) is 30.3 Å². The van der Waals surface area contributed by atoms with Gasteiger partial charge in [-0.1, -0.05) is 36.8 Å². The molecule has 1 aromatic rings. The quantitative estimate of drug-likeness (QED) is 0.851. The minimum atomic E-state index is -0.569. The van der Waals surface area contributed by atoms with Crippen molar-refractivity contribution in [2.45, 2.75) is 31.8 Å². The lowest BCUT2D eigenvalue weighted by Crippen LogP contribution is -2.42. The molecule has 2 fully saturated rings. The molecule has 3 rings (SSSR count). The second-order valence-corrected chi connectivity index (χ2v) is 6.66. The minimum absolute atomic E-state index is 0.0124. The van der Waals surface area contributed by atoms with Gasteiger partial charge >= 0.3 is 0 Å². The molecule has 0 unspecified atom stereocenters. The predicted octanol–water partition coefficient (Wildman–Crippen LogP) is 2.24. The summed E-state index contributed by atoms with van der Waals surface area (Å²) >= 11 is 0. The van der Waals surface area contributed by atoms with E-state index in [1.54, 1.807) is 7.11 Å². The molecule has 1 heterocycles. The van der Waals surface area contributed by atoms with Crippen LogP contribution in [0.2, 0.25) is 0 Å². The normalized spacial score (nSPS) is 20.2. The van der Waals surface area contributed by atoms with Crippen molar-refractivity contribution in [1.82, 2.24) is 9.80 Å². The van der Waals surface area contributed by atoms with Gasteiger partial charge in [0, 0.05) is 39.2 Å². The van der Waals surface area contributed by atoms with Crippen molar-refractivity contribution in [3.63, 3.8) is 0 Å². The Balaban J connectivity index is 1.62. The fourth-order valence-electron chi connectivity index (χ4n) is 3.44. The highest BCUT2D eigenvalue weighted by atomic mass is 16.5. The number of ether oxygens (including phenoxy) is 1. The number of rotatable bonds is 4. The third-order valence-corrected chi connectivity index (χ3v) is 5.14. The Morgan fingerprint density at radius 3 is 2.29 bits per heavy atom. The van der Waals surface area contributed by atoms with E-state index in [0.717, 1.165) is 31.4 Å². The standard InChI is InChI=1S/C19H26N2O3/c1-24-17(15-7-3-2-4-8-15)19(23)21-12-6-11-20(13-14-21)18(22)16-9-5-10-16/h2-4,7-8,16-17H,5-6,9-14H2,1H3/t17-/m1/s1. The number of carbonyl (C=O) groups excluding carboxylic acids is 2. The van der Waals surface area contributed by atoms with E-state index >= 15 is 0 Å². The summed E-state index contributed by atoms with van der Waals surface area (Å²) in [6.45, 7) is 2.65. The SMILES string of the molecule is CO[C@@H](C(=O)N1CCCN(C(=O)C2CCC2)CC1)c1ccccc1. The number of nitrogens with zero attached hydrogens (tertiary/aromatic N) is 2. The van der Waals surface area contributed by atoms with Gasteiger partial charge < -0.3 is 14.5 Å². The van der Waals surface area contributed by atoms with Gasteiger partial charge in [-0.15, -0.1) is 0 Å². The van der Waals surface area contributed by atoms with Crippen molar-refractivity contribution in [3.05, 3.63) is 35.9 Å². The first-order valence-corrected chi connectivity index (χ1v) is 8.86. The van der Waals surface area contributed by atoms with Crippen molar-refractivity contribution in [3.8, 4) is 0 Å². The van der Waals surface area contributed by atoms with Gasteiger partial charge in [0.05, 0.1) is 0 Å². The van der Waals surface area contributed by atoms with Gasteiger partial charge in [-0.2, -0.15) is 0 Å². The fourth-order valence-corrected chi connectivity index (χ4v) is 3.44. The van der Waals surface area contributed by atoms with Crippen LogP contribution in [-0.4, -0.2) is 54.9 Å². The molecule has 0 aromatic heterocycles. The van der Waals surface area contributed by atoms with E-state index in [1.165, 1.54) is 6.42 Å². The van der Waals surface area contributed by atoms with E-state index in [4.69, 9.17) is 4.74 Å². The summed E-state index contributed by atoms with van der Waals surface area (Å²) in [7, 11) is 1.57. The topological polar surface area (TPSA) is 49.9 Å². The summed E-state index contributed by atoms with van der Waals surface area (Å²) < 4.78 is 5.46. The second-order valence-electron chi connectivity index (χ2n) is 6.66. The zero-order valence-electron chi connectivity index (χ0n) is 14.3. The highest BCUT2D eigenvalue weighted by Gasteiger charge is 2.32. The van der Waals surface area contributed by atoms with Crippen LogP contribution in [0.4, 0.5) is 0 Å². The Kier molecular flexibility index (Phi) is 5.51. The third kappa shape index (κ3) is 3.61. The Labute approximate surface area is 143 Å². The number of methoxy groups -OCH3 is 1. The van der Waals surface area contributed by atoms with E-state index in [9.17, 15) is 9.59 Å². The summed E-state index contributed by atoms with van der Waals surface area (Å²) in [5.41, 5.74) is 0.872. The van der Waals surface area contributed by atoms with Gasteiger partial charge in [0.25, 0.3) is 5.91 Å². The van der Waals surface area contributed by atoms with E-state index in [-0.39, 0.29) is 17.7 Å². The van der Waals surface area contributed by atoms with Crippen molar-refractivity contribution >= 4 is 11.8 Å². The van der Waals surface area contributed by atoms with E-state index in [1.807, 2.05) is 40.1 Å². The van der Waals surface area contributed by atoms with E-state index in [0.29, 0.717) is 19.6 Å². The maximum atomic E-state index is 12.9. The lowest BCUT2D eigenvalue weighted by molar-refractivity contribution is -0.143. The Bertz CT molecular complexity index is 571. The van der Waals surface area contributed by atoms with Gasteiger partial charge in [-0.3, -0.25) is 9.59 Å². The van der Waals surface area contributed by atoms with Crippen LogP contribution in [0, 0.1) is 5.92 Å². The smallest absolute Gasteiger partial charge is 0.256 e. The molecule has 0 spiro atoms. The second kappa shape index (κ2) is 7.79. The molecule has 1 aliphatic carbocycles. The average Bonchev–Trinajstić information content (AvgIpc) is 2.81. The first-order valence-electron chi connectivity index (χ1n) is 8.86. The fraction of sp³-hybridized carbons (Fsp3) is 0.579. The summed E-state index contributed by atoms with van der Waals surface area (Å²) in [5, 5.41) is 0. The summed E-state index contributed by atoms with van der Waals surface area (Å²) in [4.78, 5) is 29.1. The molecule has 5 nitrogen and oxygen atoms in total. The van der Waals surface area contributed by atoms with Crippen LogP contribution in [-0.2, 0) is 14.3 Å². The molecule has 0 N–H and O–H groups in total. The molecule has 1 aromatic carbocycles. The highest BCUT2D eigenvalue weighted by molar-refractivity contribution is 5.83. The molecule has 0 radical (unpaired) electrons. The number of hydrogen-bond donors (Lipinski definition) is 0. The molecule has 2 amide bonds. The van der Waals surface area contributed by atoms with Crippen LogP contribution in [0.5, 0.6) is 0 Å². The summed E-state index contributed by atoms with van der Waals surface area (Å²) in [5.74, 6) is 0.492. The van der Waals surface area contributed by atoms with Gasteiger partial charge in [-0.25, -0.2) is 0 Å². The van der Waals surface area contributed by atoms with Crippen molar-refractivity contribution in [1.29, 1.82) is 0 Å². The minimum Gasteiger partial charge on any atom is -0.367 e. The highest BCUT2D eigenvalue weighted by Crippen LogP contribution is 2.28. The van der Waals surface area contributed by atoms with E-state index in [2.05, 4.69) is 0 Å². The molecule has 1 aliphatic heterocycles. The zero-order valence-corrected chi connectivity index (χ0v) is 14.3. The molecule has 130 valence electrons. The largest absolute Gasteiger partial charge is 0.367 e. The molecule has 0 bridgehead atoms. The number of carbonyl (C=O) groups is 2. The van der Waals surface area contributed by atoms with Gasteiger partial charge in [0.1, 0.15) is 0 Å². The van der Waals surface area contributed by atoms with Crippen molar-refractivity contribution in [2.75, 3.05) is 33.3 Å². The monoisotopic (exact) mass is 330 g/mol. The summed E-state index contributed by atoms with van der Waals surface area (Å²) in [6.07, 6.45) is 3.48. The molecule has 1 saturated heterocycles. The third-order valence-electron chi connectivity index (χ3n) is 5.14. The molecule has 1 saturated carbocycles. The summed E-state index contributed by atoms with van der Waals surface area (Å²) in [6, 6.07) is 9.58. The zero-order chi connectivity index (χ0) is 16.9. The van der Waals surface area contributed by atoms with Crippen LogP contribution in [0.3, 0.4) is 0 Å². The molecule has 24 heavy (non-hydrogen) atoms. The van der Waals surface area contributed by atoms with Crippen molar-refractivity contribution in [2.24, 2.45) is 5.92 Å². The molecular weight excluding hydrogens is 304 g/mol. The van der Waals surface area contributed by atoms with Crippen LogP contribution in [0.1, 0.15) is 37.4 Å². The number of hydrogen-bond acceptors (Lipinski definition) is 3. The molecular formula is C19H26N2O3. The maximum Gasteiger partial charge on any atom is 0.256 e. The number of benzene rings is 1. The van der Waals surface area contributed by atoms with E-state index < -0.39 is 6.10 Å². The van der Waals surface area contributed by atoms with Gasteiger partial charge in [0.2, 0.25) is 5.91 Å². The first-order chi connectivity index (χ1) is 11.7. The number of amides is 2. The van der Waals surface area contributed by atoms with Gasteiger partial charge in [0.15, 0.2) is 6.10 Å². The van der Waals surface area contributed by atoms with Crippen LogP contribution >= 0.6 is 0 Å². The average molecular weight is 330 g/mol. The van der Waals surface area contributed by atoms with Crippen LogP contribution < -0.4 is 0 Å². The first kappa shape index (κ1) is 17.0. The lowest BCUT2D eigenvalue weighted by Gasteiger charge is -2.31. The molecule has 5 heteroatoms. The Morgan fingerprint density at radius 2 is 1.67 bits per heavy atom. The molecule has 1 atom stereocenters.